The lowest BCUT2D eigenvalue weighted by atomic mass is 10.4. The van der Waals surface area contributed by atoms with Gasteiger partial charge in [-0.3, -0.25) is 9.14 Å². The quantitative estimate of drug-likeness (QED) is 0.235. The Labute approximate surface area is 166 Å². The lowest BCUT2D eigenvalue weighted by Crippen LogP contribution is -2.16. The number of carbonyl (C=O) groups is 1. The Balaban J connectivity index is -0.0000000730. The number of hydrogen-bond acceptors (Lipinski definition) is 6. The fraction of sp³-hybridized carbons (Fsp3) is 0.938. The number of hydrogen-bond donors (Lipinski definition) is 2. The van der Waals surface area contributed by atoms with Crippen molar-refractivity contribution in [3.63, 3.8) is 0 Å². The molecule has 0 fully saturated rings. The Bertz CT molecular complexity index is 189. The van der Waals surface area contributed by atoms with Gasteiger partial charge in [0.25, 0.3) is 0 Å². The molecule has 152 valence electrons. The van der Waals surface area contributed by atoms with Crippen LogP contribution in [0.5, 0.6) is 0 Å². The van der Waals surface area contributed by atoms with Gasteiger partial charge in [-0.05, 0) is 6.92 Å². The van der Waals surface area contributed by atoms with E-state index in [0.29, 0.717) is 19.8 Å². The molecule has 0 aromatic heterocycles. The van der Waals surface area contributed by atoms with E-state index in [1.54, 1.807) is 21.1 Å². The van der Waals surface area contributed by atoms with E-state index in [-0.39, 0.29) is 24.8 Å². The maximum Gasteiger partial charge on any atom is 0.319 e. The fourth-order valence-corrected chi connectivity index (χ4v) is 0.564. The van der Waals surface area contributed by atoms with Gasteiger partial charge in [0.05, 0.1) is 19.8 Å². The molecule has 0 aliphatic carbocycles. The first-order valence-corrected chi connectivity index (χ1v) is 9.36. The van der Waals surface area contributed by atoms with Crippen molar-refractivity contribution in [3.8, 4) is 0 Å². The molecule has 0 saturated carbocycles. The van der Waals surface area contributed by atoms with Crippen molar-refractivity contribution < 1.29 is 24.1 Å². The van der Waals surface area contributed by atoms with Crippen LogP contribution in [-0.4, -0.2) is 63.1 Å². The molecule has 1 unspecified atom stereocenters. The van der Waals surface area contributed by atoms with Gasteiger partial charge in [-0.2, -0.15) is 0 Å². The molecule has 24 heavy (non-hydrogen) atoms. The summed E-state index contributed by atoms with van der Waals surface area (Å²) in [6.07, 6.45) is 2.64. The number of aliphatic hydroxyl groups is 1. The minimum Gasteiger partial charge on any atom is -0.462 e. The minimum absolute atomic E-state index is 0. The van der Waals surface area contributed by atoms with Crippen LogP contribution in [0.25, 0.3) is 0 Å². The Hall–Kier alpha value is 0.270. The van der Waals surface area contributed by atoms with Crippen LogP contribution in [0.4, 0.5) is 0 Å². The van der Waals surface area contributed by atoms with Crippen molar-refractivity contribution in [3.05, 3.63) is 0 Å². The van der Waals surface area contributed by atoms with E-state index >= 15 is 0 Å². The molecule has 0 amide bonds. The first-order chi connectivity index (χ1) is 10.9. The van der Waals surface area contributed by atoms with E-state index in [0.717, 1.165) is 6.54 Å². The number of rotatable bonds is 8. The third-order valence-electron chi connectivity index (χ3n) is 1.79. The van der Waals surface area contributed by atoms with Gasteiger partial charge in [0.2, 0.25) is 0 Å². The second kappa shape index (κ2) is 38.7. The number of unbranched alkanes of at least 4 members (excludes halogenated alkanes) is 1. The first kappa shape index (κ1) is 35.4. The molecule has 0 heterocycles. The summed E-state index contributed by atoms with van der Waals surface area (Å²) in [5.41, 5.74) is 0. The van der Waals surface area contributed by atoms with Gasteiger partial charge in [0, 0.05) is 36.9 Å². The Morgan fingerprint density at radius 2 is 1.50 bits per heavy atom. The molecule has 0 bridgehead atoms. The average molecular weight is 485 g/mol. The molecule has 0 aromatic rings. The van der Waals surface area contributed by atoms with Gasteiger partial charge in [0.15, 0.2) is 0 Å². The molecule has 0 aliphatic heterocycles. The molecule has 0 rings (SSSR count). The number of halogens is 2. The predicted octanol–water partition coefficient (Wildman–Crippen LogP) is 3.93. The number of ether oxygens (including phenoxy) is 3. The Kier molecular flexibility index (Phi) is 57.1. The highest BCUT2D eigenvalue weighted by Gasteiger charge is 2.08. The van der Waals surface area contributed by atoms with Crippen LogP contribution >= 0.6 is 32.1 Å². The van der Waals surface area contributed by atoms with Crippen LogP contribution in [0, 0.1) is 0 Å². The first-order valence-electron chi connectivity index (χ1n) is 7.66. The second-order valence-corrected chi connectivity index (χ2v) is 5.91. The topological polar surface area (TPSA) is 77.0 Å². The molecule has 6 nitrogen and oxygen atoms in total. The maximum atomic E-state index is 10.7. The fourth-order valence-electron chi connectivity index (χ4n) is 0.432. The minimum atomic E-state index is -0.253. The highest BCUT2D eigenvalue weighted by Crippen LogP contribution is 1.99. The summed E-state index contributed by atoms with van der Waals surface area (Å²) in [6, 6.07) is 0. The summed E-state index contributed by atoms with van der Waals surface area (Å²) in [5.74, 6) is -0.253. The monoisotopic (exact) mass is 483 g/mol. The summed E-state index contributed by atoms with van der Waals surface area (Å²) in [5, 5.41) is 7.94. The van der Waals surface area contributed by atoms with Crippen molar-refractivity contribution >= 4 is 38.0 Å². The lowest BCUT2D eigenvalue weighted by molar-refractivity contribution is -0.143. The van der Waals surface area contributed by atoms with Gasteiger partial charge in [-0.25, -0.2) is 0 Å². The van der Waals surface area contributed by atoms with Crippen LogP contribution in [-0.2, 0) is 19.0 Å². The van der Waals surface area contributed by atoms with E-state index < -0.39 is 0 Å². The van der Waals surface area contributed by atoms with E-state index in [9.17, 15) is 4.79 Å². The van der Waals surface area contributed by atoms with E-state index in [2.05, 4.69) is 59.7 Å². The molecule has 0 radical (unpaired) electrons. The number of esters is 1. The van der Waals surface area contributed by atoms with Crippen molar-refractivity contribution in [2.45, 2.75) is 52.8 Å². The van der Waals surface area contributed by atoms with E-state index in [1.807, 2.05) is 6.92 Å². The van der Waals surface area contributed by atoms with Crippen molar-refractivity contribution in [2.24, 2.45) is 0 Å². The third kappa shape index (κ3) is 57.2. The highest BCUT2D eigenvalue weighted by molar-refractivity contribution is 9.10. The molecule has 1 atom stereocenters. The summed E-state index contributed by atoms with van der Waals surface area (Å²) in [7, 11) is 3.11. The summed E-state index contributed by atoms with van der Waals surface area (Å²) in [6.45, 7) is 10.4. The van der Waals surface area contributed by atoms with Gasteiger partial charge in [-0.1, -0.05) is 57.0 Å². The van der Waals surface area contributed by atoms with Crippen molar-refractivity contribution in [1.82, 2.24) is 4.34 Å². The number of carbonyl (C=O) groups excluding carboxylic acids is 1. The molecule has 8 heteroatoms. The Morgan fingerprint density at radius 3 is 1.67 bits per heavy atom. The number of alkyl halides is 1. The average Bonchev–Trinajstić information content (AvgIpc) is 2.56. The summed E-state index contributed by atoms with van der Waals surface area (Å²) >= 11 is 6.07. The van der Waals surface area contributed by atoms with Crippen LogP contribution < -0.4 is 4.34 Å². The van der Waals surface area contributed by atoms with Crippen molar-refractivity contribution in [2.75, 3.05) is 47.2 Å². The van der Waals surface area contributed by atoms with Crippen LogP contribution in [0.3, 0.4) is 0 Å². The SMILES string of the molecule is C.CCCC.CCNBr.COCCO.COCCOC(=O)C(C)Br. The normalized spacial score (nSPS) is 9.54. The molecule has 0 aliphatic rings. The van der Waals surface area contributed by atoms with Crippen LogP contribution in [0.1, 0.15) is 48.0 Å². The molecule has 2 N–H and O–H groups in total. The zero-order chi connectivity index (χ0) is 18.9. The summed E-state index contributed by atoms with van der Waals surface area (Å²) < 4.78 is 16.6. The standard InChI is InChI=1S/C6H11BrO3.C4H10.C3H8O2.C2H6BrN.CH4/c1-5(7)6(8)10-4-3-9-2;1-3-4-2;1-5-3-2-4;1-2-4-3;/h5H,3-4H2,1-2H3;3-4H2,1-2H3;4H,2-3H2,1H3;4H,2H2,1H3;1H4. The van der Waals surface area contributed by atoms with Crippen LogP contribution in [0.2, 0.25) is 0 Å². The second-order valence-electron chi connectivity index (χ2n) is 3.98. The predicted molar refractivity (Wildman–Crippen MR) is 110 cm³/mol. The molecule has 0 spiro atoms. The van der Waals surface area contributed by atoms with Gasteiger partial charge in [0.1, 0.15) is 11.4 Å². The highest BCUT2D eigenvalue weighted by atomic mass is 79.9. The smallest absolute Gasteiger partial charge is 0.319 e. The largest absolute Gasteiger partial charge is 0.462 e. The zero-order valence-electron chi connectivity index (χ0n) is 15.4. The van der Waals surface area contributed by atoms with Crippen molar-refractivity contribution in [1.29, 1.82) is 0 Å². The lowest BCUT2D eigenvalue weighted by Gasteiger charge is -2.04. The molecular weight excluding hydrogens is 446 g/mol. The Morgan fingerprint density at radius 1 is 1.08 bits per heavy atom. The van der Waals surface area contributed by atoms with E-state index in [4.69, 9.17) is 9.84 Å². The maximum absolute atomic E-state index is 10.7. The van der Waals surface area contributed by atoms with Gasteiger partial charge in [-0.15, -0.1) is 0 Å². The molecule has 0 saturated heterocycles. The van der Waals surface area contributed by atoms with E-state index in [1.165, 1.54) is 12.8 Å². The molecule has 0 aromatic carbocycles. The zero-order valence-corrected chi connectivity index (χ0v) is 18.5. The number of nitrogens with one attached hydrogen (secondary N) is 1. The third-order valence-corrected chi connectivity index (χ3v) is 2.72. The summed E-state index contributed by atoms with van der Waals surface area (Å²) in [4.78, 5) is 10.5. The molecular formula is C16H39Br2NO5. The number of methoxy groups -OCH3 is 2. The van der Waals surface area contributed by atoms with Gasteiger partial charge >= 0.3 is 5.97 Å². The van der Waals surface area contributed by atoms with Crippen LogP contribution in [0.15, 0.2) is 0 Å². The number of aliphatic hydroxyl groups excluding tert-OH is 1. The van der Waals surface area contributed by atoms with Gasteiger partial charge < -0.3 is 19.3 Å².